The molecule has 6 nitrogen and oxygen atoms in total. The third-order valence-corrected chi connectivity index (χ3v) is 8.37. The molecule has 1 aliphatic heterocycles. The monoisotopic (exact) mass is 444 g/mol. The normalized spacial score (nSPS) is 29.9. The minimum atomic E-state index is 0.0567. The van der Waals surface area contributed by atoms with E-state index < -0.39 is 0 Å². The standard InChI is InChI=1S/C26H44N4O2/c1-19(2)21-10-12-22(13-11-21)32-18-25-23(24-14-15-28-29-24)9-6-16-30(25)26(31)27-17-20-7-4-3-5-8-20/h14-15,19-23,25H,3-13,16-18H2,1-2H3,(H,27,31)(H,28,29). The van der Waals surface area contributed by atoms with Crippen molar-refractivity contribution < 1.29 is 9.53 Å². The number of piperidine rings is 1. The van der Waals surface area contributed by atoms with Gasteiger partial charge >= 0.3 is 6.03 Å². The van der Waals surface area contributed by atoms with Crippen molar-refractivity contribution in [2.24, 2.45) is 17.8 Å². The van der Waals surface area contributed by atoms with Crippen LogP contribution in [0.4, 0.5) is 4.79 Å². The quantitative estimate of drug-likeness (QED) is 0.585. The van der Waals surface area contributed by atoms with Crippen molar-refractivity contribution in [3.8, 4) is 0 Å². The number of nitrogens with zero attached hydrogens (tertiary/aromatic N) is 2. The van der Waals surface area contributed by atoms with Gasteiger partial charge in [-0.05, 0) is 75.2 Å². The zero-order chi connectivity index (χ0) is 22.3. The molecule has 2 heterocycles. The highest BCUT2D eigenvalue weighted by molar-refractivity contribution is 5.74. The van der Waals surface area contributed by atoms with Crippen LogP contribution < -0.4 is 5.32 Å². The van der Waals surface area contributed by atoms with Crippen LogP contribution >= 0.6 is 0 Å². The molecule has 180 valence electrons. The van der Waals surface area contributed by atoms with E-state index in [1.54, 1.807) is 0 Å². The number of hydrogen-bond acceptors (Lipinski definition) is 3. The molecule has 0 spiro atoms. The Hall–Kier alpha value is -1.56. The van der Waals surface area contributed by atoms with Crippen LogP contribution in [0.3, 0.4) is 0 Å². The van der Waals surface area contributed by atoms with E-state index in [0.29, 0.717) is 18.6 Å². The van der Waals surface area contributed by atoms with Gasteiger partial charge < -0.3 is 15.0 Å². The van der Waals surface area contributed by atoms with Gasteiger partial charge in [0.25, 0.3) is 0 Å². The lowest BCUT2D eigenvalue weighted by Gasteiger charge is -2.42. The van der Waals surface area contributed by atoms with Gasteiger partial charge in [0.15, 0.2) is 0 Å². The van der Waals surface area contributed by atoms with Gasteiger partial charge in [0.05, 0.1) is 24.4 Å². The number of urea groups is 1. The summed E-state index contributed by atoms with van der Waals surface area (Å²) in [6, 6.07) is 2.21. The van der Waals surface area contributed by atoms with Crippen LogP contribution in [-0.2, 0) is 4.74 Å². The van der Waals surface area contributed by atoms with Gasteiger partial charge in [0.2, 0.25) is 0 Å². The van der Waals surface area contributed by atoms with Gasteiger partial charge in [-0.25, -0.2) is 4.79 Å². The summed E-state index contributed by atoms with van der Waals surface area (Å²) >= 11 is 0. The van der Waals surface area contributed by atoms with Gasteiger partial charge in [-0.2, -0.15) is 5.10 Å². The molecular weight excluding hydrogens is 400 g/mol. The highest BCUT2D eigenvalue weighted by atomic mass is 16.5. The zero-order valence-electron chi connectivity index (χ0n) is 20.2. The fraction of sp³-hybridized carbons (Fsp3) is 0.846. The van der Waals surface area contributed by atoms with Crippen molar-refractivity contribution in [1.29, 1.82) is 0 Å². The first-order valence-electron chi connectivity index (χ1n) is 13.3. The first-order chi connectivity index (χ1) is 15.6. The lowest BCUT2D eigenvalue weighted by molar-refractivity contribution is -0.0239. The Bertz CT molecular complexity index is 678. The molecule has 2 unspecified atom stereocenters. The van der Waals surface area contributed by atoms with Crippen LogP contribution in [0.2, 0.25) is 0 Å². The SMILES string of the molecule is CC(C)C1CCC(OCC2C(c3cc[nH]n3)CCCN2C(=O)NCC2CCCCC2)CC1. The summed E-state index contributed by atoms with van der Waals surface area (Å²) in [6.45, 7) is 6.92. The van der Waals surface area contributed by atoms with E-state index in [4.69, 9.17) is 4.74 Å². The molecule has 2 saturated carbocycles. The third kappa shape index (κ3) is 6.06. The maximum absolute atomic E-state index is 13.3. The summed E-state index contributed by atoms with van der Waals surface area (Å²) < 4.78 is 6.49. The number of aromatic amines is 1. The third-order valence-electron chi connectivity index (χ3n) is 8.37. The molecule has 1 saturated heterocycles. The predicted octanol–water partition coefficient (Wildman–Crippen LogP) is 5.48. The molecule has 1 aromatic heterocycles. The van der Waals surface area contributed by atoms with Gasteiger partial charge in [0.1, 0.15) is 0 Å². The number of carbonyl (C=O) groups excluding carboxylic acids is 1. The van der Waals surface area contributed by atoms with Crippen molar-refractivity contribution in [3.63, 3.8) is 0 Å². The summed E-state index contributed by atoms with van der Waals surface area (Å²) in [5.74, 6) is 2.48. The van der Waals surface area contributed by atoms with Crippen LogP contribution in [0.25, 0.3) is 0 Å². The Morgan fingerprint density at radius 1 is 1.12 bits per heavy atom. The lowest BCUT2D eigenvalue weighted by atomic mass is 9.80. The molecule has 32 heavy (non-hydrogen) atoms. The topological polar surface area (TPSA) is 70.2 Å². The van der Waals surface area contributed by atoms with Crippen LogP contribution in [0.1, 0.15) is 96.1 Å². The Kier molecular flexibility index (Phi) is 8.50. The van der Waals surface area contributed by atoms with Crippen LogP contribution in [0, 0.1) is 17.8 Å². The Morgan fingerprint density at radius 2 is 1.91 bits per heavy atom. The van der Waals surface area contributed by atoms with Gasteiger partial charge in [-0.1, -0.05) is 33.1 Å². The Balaban J connectivity index is 1.37. The number of nitrogens with one attached hydrogen (secondary N) is 2. The molecule has 0 bridgehead atoms. The second-order valence-electron chi connectivity index (χ2n) is 10.8. The van der Waals surface area contributed by atoms with Crippen molar-refractivity contribution in [3.05, 3.63) is 18.0 Å². The van der Waals surface area contributed by atoms with Crippen molar-refractivity contribution in [2.75, 3.05) is 19.7 Å². The molecule has 1 aromatic rings. The first kappa shape index (κ1) is 23.6. The second kappa shape index (κ2) is 11.5. The molecular formula is C26H44N4O2. The number of likely N-dealkylation sites (tertiary alicyclic amines) is 1. The average molecular weight is 445 g/mol. The molecule has 2 N–H and O–H groups in total. The Morgan fingerprint density at radius 3 is 2.59 bits per heavy atom. The number of amides is 2. The first-order valence-corrected chi connectivity index (χ1v) is 13.3. The molecule has 3 fully saturated rings. The van der Waals surface area contributed by atoms with Crippen molar-refractivity contribution in [2.45, 2.75) is 103 Å². The Labute approximate surface area is 194 Å². The number of hydrogen-bond donors (Lipinski definition) is 2. The van der Waals surface area contributed by atoms with Crippen molar-refractivity contribution in [1.82, 2.24) is 20.4 Å². The molecule has 4 rings (SSSR count). The van der Waals surface area contributed by atoms with E-state index in [-0.39, 0.29) is 18.0 Å². The maximum Gasteiger partial charge on any atom is 0.317 e. The van der Waals surface area contributed by atoms with E-state index in [0.717, 1.165) is 56.3 Å². The van der Waals surface area contributed by atoms with E-state index in [1.807, 2.05) is 6.20 Å². The van der Waals surface area contributed by atoms with Crippen LogP contribution in [-0.4, -0.2) is 53.0 Å². The number of rotatable bonds is 7. The fourth-order valence-electron chi connectivity index (χ4n) is 6.22. The number of aromatic nitrogens is 2. The minimum absolute atomic E-state index is 0.0567. The summed E-state index contributed by atoms with van der Waals surface area (Å²) in [5, 5.41) is 10.7. The summed E-state index contributed by atoms with van der Waals surface area (Å²) in [6.07, 6.45) is 15.6. The van der Waals surface area contributed by atoms with E-state index in [1.165, 1.54) is 44.9 Å². The van der Waals surface area contributed by atoms with E-state index >= 15 is 0 Å². The maximum atomic E-state index is 13.3. The summed E-state index contributed by atoms with van der Waals surface area (Å²) in [4.78, 5) is 15.3. The molecule has 6 heteroatoms. The van der Waals surface area contributed by atoms with E-state index in [9.17, 15) is 4.79 Å². The highest BCUT2D eigenvalue weighted by Crippen LogP contribution is 2.35. The molecule has 3 aliphatic rings. The van der Waals surface area contributed by atoms with E-state index in [2.05, 4.69) is 40.3 Å². The van der Waals surface area contributed by atoms with Gasteiger partial charge in [0, 0.05) is 25.2 Å². The predicted molar refractivity (Wildman–Crippen MR) is 128 cm³/mol. The average Bonchev–Trinajstić information content (AvgIpc) is 3.37. The lowest BCUT2D eigenvalue weighted by Crippen LogP contribution is -2.54. The van der Waals surface area contributed by atoms with Crippen molar-refractivity contribution >= 4 is 6.03 Å². The van der Waals surface area contributed by atoms with Gasteiger partial charge in [-0.15, -0.1) is 0 Å². The molecule has 2 amide bonds. The van der Waals surface area contributed by atoms with Crippen LogP contribution in [0.5, 0.6) is 0 Å². The summed E-state index contributed by atoms with van der Waals surface area (Å²) in [7, 11) is 0. The number of carbonyl (C=O) groups is 1. The van der Waals surface area contributed by atoms with Gasteiger partial charge in [-0.3, -0.25) is 5.10 Å². The summed E-state index contributed by atoms with van der Waals surface area (Å²) in [5.41, 5.74) is 1.06. The zero-order valence-corrected chi connectivity index (χ0v) is 20.2. The smallest absolute Gasteiger partial charge is 0.317 e. The largest absolute Gasteiger partial charge is 0.376 e. The molecule has 0 radical (unpaired) electrons. The highest BCUT2D eigenvalue weighted by Gasteiger charge is 2.37. The minimum Gasteiger partial charge on any atom is -0.376 e. The second-order valence-corrected chi connectivity index (χ2v) is 10.8. The number of H-pyrrole nitrogens is 1. The molecule has 2 aliphatic carbocycles. The van der Waals surface area contributed by atoms with Crippen LogP contribution in [0.15, 0.2) is 12.3 Å². The molecule has 2 atom stereocenters. The fourth-order valence-corrected chi connectivity index (χ4v) is 6.22. The molecule has 0 aromatic carbocycles. The number of ether oxygens (including phenoxy) is 1.